The Bertz CT molecular complexity index is 1190. The number of aromatic amines is 1. The van der Waals surface area contributed by atoms with E-state index in [0.29, 0.717) is 33.1 Å². The third kappa shape index (κ3) is 2.47. The van der Waals surface area contributed by atoms with Crippen LogP contribution in [-0.4, -0.2) is 19.3 Å². The zero-order chi connectivity index (χ0) is 17.6. The van der Waals surface area contributed by atoms with E-state index in [1.807, 2.05) is 0 Å². The Morgan fingerprint density at radius 1 is 1.08 bits per heavy atom. The summed E-state index contributed by atoms with van der Waals surface area (Å²) < 4.78 is 2.83. The fourth-order valence-electron chi connectivity index (χ4n) is 2.92. The van der Waals surface area contributed by atoms with E-state index < -0.39 is 0 Å². The van der Waals surface area contributed by atoms with Gasteiger partial charge >= 0.3 is 0 Å². The second-order valence-electron chi connectivity index (χ2n) is 5.61. The van der Waals surface area contributed by atoms with Crippen LogP contribution in [0.3, 0.4) is 0 Å². The largest absolute Gasteiger partial charge is 0.290 e. The van der Waals surface area contributed by atoms with Crippen molar-refractivity contribution in [1.82, 2.24) is 19.3 Å². The number of halogens is 1. The normalized spacial score (nSPS) is 11.1. The average Bonchev–Trinajstić information content (AvgIpc) is 2.93. The summed E-state index contributed by atoms with van der Waals surface area (Å²) in [7, 11) is 0. The fraction of sp³-hybridized carbons (Fsp3) is 0.0556. The second-order valence-corrected chi connectivity index (χ2v) is 6.05. The third-order valence-electron chi connectivity index (χ3n) is 4.07. The maximum atomic E-state index is 12.9. The van der Waals surface area contributed by atoms with Crippen LogP contribution in [0.2, 0.25) is 5.02 Å². The number of benzene rings is 1. The summed E-state index contributed by atoms with van der Waals surface area (Å²) in [6.45, 7) is 1.74. The van der Waals surface area contributed by atoms with E-state index in [0.717, 1.165) is 0 Å². The van der Waals surface area contributed by atoms with Crippen LogP contribution < -0.4 is 11.1 Å². The van der Waals surface area contributed by atoms with Crippen molar-refractivity contribution in [3.63, 3.8) is 0 Å². The molecular weight excluding hydrogens is 340 g/mol. The second kappa shape index (κ2) is 5.75. The first-order valence-corrected chi connectivity index (χ1v) is 7.99. The standard InChI is InChI=1S/C18H13ClN4O2/c1-11-17-14(10-16(24)22(11)15-4-2-3-9-20-15)21-23(18(17)25)13-7-5-12(19)6-8-13/h2-10,21H,1H3. The van der Waals surface area contributed by atoms with Gasteiger partial charge in [-0.2, -0.15) is 0 Å². The Labute approximate surface area is 146 Å². The van der Waals surface area contributed by atoms with Crippen molar-refractivity contribution in [1.29, 1.82) is 0 Å². The molecular formula is C18H13ClN4O2. The molecule has 0 bridgehead atoms. The highest BCUT2D eigenvalue weighted by Crippen LogP contribution is 2.17. The van der Waals surface area contributed by atoms with E-state index in [9.17, 15) is 9.59 Å². The molecule has 0 spiro atoms. The van der Waals surface area contributed by atoms with Crippen LogP contribution in [-0.2, 0) is 0 Å². The van der Waals surface area contributed by atoms with Crippen molar-refractivity contribution in [2.75, 3.05) is 0 Å². The highest BCUT2D eigenvalue weighted by molar-refractivity contribution is 6.30. The molecule has 0 saturated carbocycles. The first-order chi connectivity index (χ1) is 12.1. The van der Waals surface area contributed by atoms with Gasteiger partial charge in [-0.15, -0.1) is 0 Å². The highest BCUT2D eigenvalue weighted by atomic mass is 35.5. The number of aromatic nitrogens is 4. The van der Waals surface area contributed by atoms with Crippen LogP contribution >= 0.6 is 11.6 Å². The minimum Gasteiger partial charge on any atom is -0.290 e. The van der Waals surface area contributed by atoms with E-state index in [1.54, 1.807) is 55.6 Å². The molecule has 3 heterocycles. The van der Waals surface area contributed by atoms with Gasteiger partial charge in [0.15, 0.2) is 0 Å². The predicted molar refractivity (Wildman–Crippen MR) is 97.0 cm³/mol. The number of hydrogen-bond acceptors (Lipinski definition) is 3. The minimum atomic E-state index is -0.256. The smallest absolute Gasteiger partial charge is 0.280 e. The molecule has 0 atom stereocenters. The summed E-state index contributed by atoms with van der Waals surface area (Å²) in [6.07, 6.45) is 1.61. The predicted octanol–water partition coefficient (Wildman–Crippen LogP) is 2.83. The van der Waals surface area contributed by atoms with Gasteiger partial charge in [-0.1, -0.05) is 17.7 Å². The Morgan fingerprint density at radius 2 is 1.84 bits per heavy atom. The van der Waals surface area contributed by atoms with Crippen LogP contribution in [0.15, 0.2) is 64.3 Å². The summed E-state index contributed by atoms with van der Waals surface area (Å²) in [5.74, 6) is 0.477. The Balaban J connectivity index is 2.02. The molecule has 0 aliphatic heterocycles. The highest BCUT2D eigenvalue weighted by Gasteiger charge is 2.16. The summed E-state index contributed by atoms with van der Waals surface area (Å²) in [4.78, 5) is 29.6. The maximum absolute atomic E-state index is 12.9. The van der Waals surface area contributed by atoms with Crippen LogP contribution in [0.4, 0.5) is 0 Å². The van der Waals surface area contributed by atoms with Gasteiger partial charge < -0.3 is 0 Å². The van der Waals surface area contributed by atoms with Crippen LogP contribution in [0.25, 0.3) is 22.4 Å². The molecule has 6 nitrogen and oxygen atoms in total. The van der Waals surface area contributed by atoms with Crippen molar-refractivity contribution >= 4 is 22.5 Å². The summed E-state index contributed by atoms with van der Waals surface area (Å²) in [5, 5.41) is 4.01. The lowest BCUT2D eigenvalue weighted by Crippen LogP contribution is -2.22. The average molecular weight is 353 g/mol. The molecule has 0 unspecified atom stereocenters. The van der Waals surface area contributed by atoms with E-state index in [2.05, 4.69) is 10.1 Å². The number of nitrogens with zero attached hydrogens (tertiary/aromatic N) is 3. The number of nitrogens with one attached hydrogen (secondary N) is 1. The first-order valence-electron chi connectivity index (χ1n) is 7.61. The van der Waals surface area contributed by atoms with Crippen molar-refractivity contribution in [3.8, 4) is 11.5 Å². The lowest BCUT2D eigenvalue weighted by molar-refractivity contribution is 0.863. The number of H-pyrrole nitrogens is 1. The third-order valence-corrected chi connectivity index (χ3v) is 4.32. The Morgan fingerprint density at radius 3 is 2.52 bits per heavy atom. The number of hydrogen-bond donors (Lipinski definition) is 1. The van der Waals surface area contributed by atoms with Crippen molar-refractivity contribution in [3.05, 3.63) is 86.2 Å². The van der Waals surface area contributed by atoms with E-state index >= 15 is 0 Å². The molecule has 0 aliphatic rings. The topological polar surface area (TPSA) is 72.7 Å². The molecule has 1 N–H and O–H groups in total. The molecule has 3 aromatic heterocycles. The van der Waals surface area contributed by atoms with Crippen LogP contribution in [0.5, 0.6) is 0 Å². The maximum Gasteiger partial charge on any atom is 0.280 e. The number of rotatable bonds is 2. The molecule has 0 fully saturated rings. The van der Waals surface area contributed by atoms with Crippen LogP contribution in [0, 0.1) is 6.92 Å². The zero-order valence-electron chi connectivity index (χ0n) is 13.2. The molecule has 4 aromatic rings. The SMILES string of the molecule is Cc1c2c(=O)n(-c3ccc(Cl)cc3)[nH]c2cc(=O)n1-c1ccccn1. The van der Waals surface area contributed by atoms with Crippen molar-refractivity contribution in [2.45, 2.75) is 6.92 Å². The van der Waals surface area contributed by atoms with Gasteiger partial charge in [0, 0.05) is 23.0 Å². The monoisotopic (exact) mass is 352 g/mol. The number of fused-ring (bicyclic) bond motifs is 1. The minimum absolute atomic E-state index is 0.237. The Hall–Kier alpha value is -3.12. The van der Waals surface area contributed by atoms with E-state index in [4.69, 9.17) is 11.6 Å². The van der Waals surface area contributed by atoms with Gasteiger partial charge in [-0.3, -0.25) is 19.3 Å². The Kier molecular flexibility index (Phi) is 3.54. The van der Waals surface area contributed by atoms with Crippen LogP contribution in [0.1, 0.15) is 5.69 Å². The van der Waals surface area contributed by atoms with Crippen molar-refractivity contribution in [2.24, 2.45) is 0 Å². The molecule has 25 heavy (non-hydrogen) atoms. The van der Waals surface area contributed by atoms with Gasteiger partial charge in [0.2, 0.25) is 0 Å². The molecule has 124 valence electrons. The quantitative estimate of drug-likeness (QED) is 0.603. The van der Waals surface area contributed by atoms with E-state index in [1.165, 1.54) is 15.3 Å². The molecule has 0 saturated heterocycles. The van der Waals surface area contributed by atoms with Gasteiger partial charge in [-0.25, -0.2) is 9.67 Å². The van der Waals surface area contributed by atoms with Crippen molar-refractivity contribution < 1.29 is 0 Å². The molecule has 7 heteroatoms. The lowest BCUT2D eigenvalue weighted by atomic mass is 10.2. The first kappa shape index (κ1) is 15.4. The van der Waals surface area contributed by atoms with E-state index in [-0.39, 0.29) is 11.1 Å². The van der Waals surface area contributed by atoms with Gasteiger partial charge in [0.1, 0.15) is 5.82 Å². The molecule has 4 rings (SSSR count). The molecule has 1 aromatic carbocycles. The summed E-state index contributed by atoms with van der Waals surface area (Å²) >= 11 is 5.90. The summed E-state index contributed by atoms with van der Waals surface area (Å²) in [5.41, 5.74) is 1.17. The number of pyridine rings is 2. The number of aryl methyl sites for hydroxylation is 1. The van der Waals surface area contributed by atoms with Gasteiger partial charge in [0.05, 0.1) is 16.6 Å². The fourth-order valence-corrected chi connectivity index (χ4v) is 3.04. The molecule has 0 amide bonds. The zero-order valence-corrected chi connectivity index (χ0v) is 14.0. The molecule has 0 radical (unpaired) electrons. The molecule has 0 aliphatic carbocycles. The lowest BCUT2D eigenvalue weighted by Gasteiger charge is -2.08. The van der Waals surface area contributed by atoms with Gasteiger partial charge in [0.25, 0.3) is 11.1 Å². The summed E-state index contributed by atoms with van der Waals surface area (Å²) in [6, 6.07) is 13.6. The van der Waals surface area contributed by atoms with Gasteiger partial charge in [-0.05, 0) is 43.3 Å².